The summed E-state index contributed by atoms with van der Waals surface area (Å²) < 4.78 is 11.2. The standard InChI is InChI=1S/C21H30N4O3S/c1-16(2)10-19(25-6-8-27-9-7-25)12-22-21(26)24-17-4-3-5-20(11-17)28-13-18-14-29-15-23-18/h3-5,11,14-16,19H,6-10,12-13H2,1-2H3,(H2,22,24,26). The number of aromatic nitrogens is 1. The molecule has 2 aromatic rings. The van der Waals surface area contributed by atoms with Crippen molar-refractivity contribution in [2.45, 2.75) is 32.9 Å². The number of rotatable bonds is 9. The fourth-order valence-corrected chi connectivity index (χ4v) is 3.91. The molecule has 2 amide bonds. The van der Waals surface area contributed by atoms with Crippen LogP contribution in [0.15, 0.2) is 35.2 Å². The normalized spacial score (nSPS) is 15.8. The molecule has 1 saturated heterocycles. The molecular formula is C21H30N4O3S. The second-order valence-electron chi connectivity index (χ2n) is 7.56. The van der Waals surface area contributed by atoms with Crippen LogP contribution < -0.4 is 15.4 Å². The molecule has 0 aliphatic carbocycles. The van der Waals surface area contributed by atoms with Crippen LogP contribution in [0.2, 0.25) is 0 Å². The number of hydrogen-bond acceptors (Lipinski definition) is 6. The van der Waals surface area contributed by atoms with Crippen molar-refractivity contribution < 1.29 is 14.3 Å². The van der Waals surface area contributed by atoms with Crippen LogP contribution in [0, 0.1) is 5.92 Å². The highest BCUT2D eigenvalue weighted by Gasteiger charge is 2.22. The molecule has 0 bridgehead atoms. The van der Waals surface area contributed by atoms with Crippen molar-refractivity contribution in [2.24, 2.45) is 5.92 Å². The topological polar surface area (TPSA) is 75.7 Å². The summed E-state index contributed by atoms with van der Waals surface area (Å²) >= 11 is 1.54. The van der Waals surface area contributed by atoms with Gasteiger partial charge in [-0.05, 0) is 24.5 Å². The number of nitrogens with one attached hydrogen (secondary N) is 2. The molecular weight excluding hydrogens is 388 g/mol. The van der Waals surface area contributed by atoms with Gasteiger partial charge in [0.1, 0.15) is 12.4 Å². The average Bonchev–Trinajstić information content (AvgIpc) is 3.24. The smallest absolute Gasteiger partial charge is 0.319 e. The zero-order chi connectivity index (χ0) is 20.5. The van der Waals surface area contributed by atoms with Crippen molar-refractivity contribution >= 4 is 23.1 Å². The molecule has 1 atom stereocenters. The molecule has 1 aromatic carbocycles. The van der Waals surface area contributed by atoms with Gasteiger partial charge in [-0.2, -0.15) is 0 Å². The number of carbonyl (C=O) groups is 1. The van der Waals surface area contributed by atoms with Gasteiger partial charge in [-0.1, -0.05) is 19.9 Å². The molecule has 1 aliphatic rings. The van der Waals surface area contributed by atoms with Crippen LogP contribution in [-0.4, -0.2) is 54.8 Å². The minimum Gasteiger partial charge on any atom is -0.487 e. The summed E-state index contributed by atoms with van der Waals surface area (Å²) in [6.45, 7) is 8.80. The summed E-state index contributed by atoms with van der Waals surface area (Å²) in [5, 5.41) is 7.88. The van der Waals surface area contributed by atoms with Gasteiger partial charge < -0.3 is 20.1 Å². The summed E-state index contributed by atoms with van der Waals surface area (Å²) in [5.74, 6) is 1.26. The summed E-state index contributed by atoms with van der Waals surface area (Å²) in [6.07, 6.45) is 1.04. The van der Waals surface area contributed by atoms with Gasteiger partial charge in [0, 0.05) is 42.8 Å². The highest BCUT2D eigenvalue weighted by atomic mass is 32.1. The lowest BCUT2D eigenvalue weighted by Crippen LogP contribution is -2.49. The Kier molecular flexibility index (Phi) is 8.27. The lowest BCUT2D eigenvalue weighted by atomic mass is 10.0. The first-order valence-electron chi connectivity index (χ1n) is 10.1. The van der Waals surface area contributed by atoms with Crippen molar-refractivity contribution in [3.8, 4) is 5.75 Å². The lowest BCUT2D eigenvalue weighted by Gasteiger charge is -2.35. The van der Waals surface area contributed by atoms with Crippen LogP contribution in [0.5, 0.6) is 5.75 Å². The Balaban J connectivity index is 1.49. The molecule has 8 heteroatoms. The van der Waals surface area contributed by atoms with Gasteiger partial charge in [0.2, 0.25) is 0 Å². The van der Waals surface area contributed by atoms with E-state index in [1.54, 1.807) is 16.8 Å². The van der Waals surface area contributed by atoms with Gasteiger partial charge in [0.05, 0.1) is 24.4 Å². The van der Waals surface area contributed by atoms with E-state index in [2.05, 4.69) is 34.4 Å². The number of hydrogen-bond donors (Lipinski definition) is 2. The number of benzene rings is 1. The van der Waals surface area contributed by atoms with Crippen LogP contribution >= 0.6 is 11.3 Å². The van der Waals surface area contributed by atoms with Gasteiger partial charge in [0.15, 0.2) is 0 Å². The lowest BCUT2D eigenvalue weighted by molar-refractivity contribution is 0.0130. The van der Waals surface area contributed by atoms with Crippen LogP contribution in [0.1, 0.15) is 26.0 Å². The number of amides is 2. The van der Waals surface area contributed by atoms with E-state index in [0.29, 0.717) is 36.5 Å². The molecule has 1 aromatic heterocycles. The SMILES string of the molecule is CC(C)CC(CNC(=O)Nc1cccc(OCc2cscn2)c1)N1CCOCC1. The van der Waals surface area contributed by atoms with E-state index in [4.69, 9.17) is 9.47 Å². The molecule has 1 fully saturated rings. The van der Waals surface area contributed by atoms with Crippen LogP contribution in [0.25, 0.3) is 0 Å². The highest BCUT2D eigenvalue weighted by molar-refractivity contribution is 7.07. The number of carbonyl (C=O) groups excluding carboxylic acids is 1. The maximum Gasteiger partial charge on any atom is 0.319 e. The maximum atomic E-state index is 12.4. The molecule has 2 heterocycles. The van der Waals surface area contributed by atoms with Gasteiger partial charge >= 0.3 is 6.03 Å². The van der Waals surface area contributed by atoms with Crippen molar-refractivity contribution in [1.82, 2.24) is 15.2 Å². The third kappa shape index (κ3) is 7.30. The molecule has 2 N–H and O–H groups in total. The summed E-state index contributed by atoms with van der Waals surface area (Å²) in [7, 11) is 0. The largest absolute Gasteiger partial charge is 0.487 e. The molecule has 0 saturated carbocycles. The Morgan fingerprint density at radius 2 is 2.17 bits per heavy atom. The first kappa shape index (κ1) is 21.5. The Bertz CT molecular complexity index is 748. The average molecular weight is 419 g/mol. The molecule has 3 rings (SSSR count). The first-order chi connectivity index (χ1) is 14.1. The van der Waals surface area contributed by atoms with Crippen molar-refractivity contribution in [1.29, 1.82) is 0 Å². The van der Waals surface area contributed by atoms with E-state index < -0.39 is 0 Å². The zero-order valence-electron chi connectivity index (χ0n) is 17.1. The Hall–Kier alpha value is -2.16. The van der Waals surface area contributed by atoms with Crippen molar-refractivity contribution in [3.63, 3.8) is 0 Å². The number of urea groups is 1. The molecule has 158 valence electrons. The fourth-order valence-electron chi connectivity index (χ4n) is 3.36. The first-order valence-corrected chi connectivity index (χ1v) is 11.0. The van der Waals surface area contributed by atoms with Crippen molar-refractivity contribution in [2.75, 3.05) is 38.2 Å². The van der Waals surface area contributed by atoms with Crippen molar-refractivity contribution in [3.05, 3.63) is 40.8 Å². The third-order valence-electron chi connectivity index (χ3n) is 4.77. The van der Waals surface area contributed by atoms with Gasteiger partial charge in [-0.15, -0.1) is 11.3 Å². The van der Waals surface area contributed by atoms with E-state index in [-0.39, 0.29) is 6.03 Å². The minimum absolute atomic E-state index is 0.205. The summed E-state index contributed by atoms with van der Waals surface area (Å²) in [4.78, 5) is 19.0. The zero-order valence-corrected chi connectivity index (χ0v) is 17.9. The van der Waals surface area contributed by atoms with Crippen LogP contribution in [-0.2, 0) is 11.3 Å². The quantitative estimate of drug-likeness (QED) is 0.651. The maximum absolute atomic E-state index is 12.4. The van der Waals surface area contributed by atoms with Gasteiger partial charge in [-0.3, -0.25) is 4.90 Å². The summed E-state index contributed by atoms with van der Waals surface area (Å²) in [5.41, 5.74) is 3.38. The predicted octanol–water partition coefficient (Wildman–Crippen LogP) is 3.59. The third-order valence-corrected chi connectivity index (χ3v) is 5.40. The van der Waals surface area contributed by atoms with E-state index >= 15 is 0 Å². The molecule has 7 nitrogen and oxygen atoms in total. The molecule has 0 spiro atoms. The van der Waals surface area contributed by atoms with Crippen LogP contribution in [0.4, 0.5) is 10.5 Å². The van der Waals surface area contributed by atoms with Gasteiger partial charge in [0.25, 0.3) is 0 Å². The molecule has 1 aliphatic heterocycles. The number of ether oxygens (including phenoxy) is 2. The van der Waals surface area contributed by atoms with E-state index in [9.17, 15) is 4.79 Å². The molecule has 1 unspecified atom stereocenters. The molecule has 29 heavy (non-hydrogen) atoms. The Morgan fingerprint density at radius 1 is 1.34 bits per heavy atom. The van der Waals surface area contributed by atoms with Crippen LogP contribution in [0.3, 0.4) is 0 Å². The number of nitrogens with zero attached hydrogens (tertiary/aromatic N) is 2. The Labute approximate surface area is 176 Å². The Morgan fingerprint density at radius 3 is 2.90 bits per heavy atom. The monoisotopic (exact) mass is 418 g/mol. The fraction of sp³-hybridized carbons (Fsp3) is 0.524. The number of morpholine rings is 1. The van der Waals surface area contributed by atoms with Gasteiger partial charge in [-0.25, -0.2) is 9.78 Å². The van der Waals surface area contributed by atoms with E-state index in [1.165, 1.54) is 0 Å². The highest BCUT2D eigenvalue weighted by Crippen LogP contribution is 2.19. The second-order valence-corrected chi connectivity index (χ2v) is 8.28. The second kappa shape index (κ2) is 11.1. The van der Waals surface area contributed by atoms with E-state index in [0.717, 1.165) is 38.4 Å². The summed E-state index contributed by atoms with van der Waals surface area (Å²) in [6, 6.07) is 7.51. The number of anilines is 1. The van der Waals surface area contributed by atoms with E-state index in [1.807, 2.05) is 29.6 Å². The molecule has 0 radical (unpaired) electrons. The predicted molar refractivity (Wildman–Crippen MR) is 116 cm³/mol. The number of thiazole rings is 1. The minimum atomic E-state index is -0.205.